The van der Waals surface area contributed by atoms with Gasteiger partial charge in [-0.2, -0.15) is 0 Å². The minimum atomic E-state index is -0.604. The first kappa shape index (κ1) is 16.1. The number of hydrogen-bond donors (Lipinski definition) is 1. The summed E-state index contributed by atoms with van der Waals surface area (Å²) in [6.45, 7) is 0.507. The first-order chi connectivity index (χ1) is 12.6. The van der Waals surface area contributed by atoms with E-state index < -0.39 is 5.63 Å². The molecule has 0 saturated carbocycles. The second kappa shape index (κ2) is 6.52. The maximum absolute atomic E-state index is 12.7. The Bertz CT molecular complexity index is 1160. The molecule has 0 aliphatic rings. The van der Waals surface area contributed by atoms with Crippen LogP contribution in [0.1, 0.15) is 15.9 Å². The van der Waals surface area contributed by atoms with Gasteiger partial charge in [0.05, 0.1) is 0 Å². The van der Waals surface area contributed by atoms with E-state index in [4.69, 9.17) is 4.42 Å². The number of likely N-dealkylation sites (N-methyl/N-ethyl adjacent to an activating group) is 1. The highest BCUT2D eigenvalue weighted by atomic mass is 16.4. The Hall–Kier alpha value is -3.34. The molecule has 0 atom stereocenters. The van der Waals surface area contributed by atoms with E-state index in [0.717, 1.165) is 21.9 Å². The summed E-state index contributed by atoms with van der Waals surface area (Å²) in [6.07, 6.45) is 2.67. The number of para-hydroxylation sites is 2. The van der Waals surface area contributed by atoms with Gasteiger partial charge in [0, 0.05) is 36.1 Å². The number of nitrogens with one attached hydrogen (secondary N) is 1. The van der Waals surface area contributed by atoms with Crippen LogP contribution in [0.2, 0.25) is 0 Å². The number of benzene rings is 2. The van der Waals surface area contributed by atoms with E-state index in [1.165, 1.54) is 0 Å². The maximum atomic E-state index is 12.7. The summed E-state index contributed by atoms with van der Waals surface area (Å²) in [5, 5.41) is 1.89. The van der Waals surface area contributed by atoms with Crippen LogP contribution in [0.15, 0.2) is 70.0 Å². The highest BCUT2D eigenvalue weighted by molar-refractivity contribution is 5.96. The first-order valence-electron chi connectivity index (χ1n) is 8.47. The Labute approximate surface area is 149 Å². The van der Waals surface area contributed by atoms with E-state index in [1.807, 2.05) is 36.5 Å². The summed E-state index contributed by atoms with van der Waals surface area (Å²) >= 11 is 0. The van der Waals surface area contributed by atoms with Crippen LogP contribution >= 0.6 is 0 Å². The second-order valence-corrected chi connectivity index (χ2v) is 6.32. The molecule has 1 N–H and O–H groups in total. The highest BCUT2D eigenvalue weighted by Crippen LogP contribution is 2.18. The van der Waals surface area contributed by atoms with Crippen molar-refractivity contribution in [1.82, 2.24) is 9.88 Å². The molecular formula is C21H18N2O3. The van der Waals surface area contributed by atoms with Gasteiger partial charge in [0.15, 0.2) is 0 Å². The van der Waals surface area contributed by atoms with Crippen molar-refractivity contribution in [2.75, 3.05) is 13.6 Å². The van der Waals surface area contributed by atoms with E-state index in [-0.39, 0.29) is 11.5 Å². The third kappa shape index (κ3) is 2.88. The Kier molecular flexibility index (Phi) is 4.05. The molecule has 0 saturated heterocycles. The van der Waals surface area contributed by atoms with Crippen LogP contribution in [-0.2, 0) is 6.42 Å². The number of fused-ring (bicyclic) bond motifs is 2. The fraction of sp³-hybridized carbons (Fsp3) is 0.143. The number of carbonyl (C=O) groups is 1. The molecule has 0 spiro atoms. The molecule has 5 nitrogen and oxygen atoms in total. The van der Waals surface area contributed by atoms with E-state index in [0.29, 0.717) is 18.5 Å². The van der Waals surface area contributed by atoms with Gasteiger partial charge in [-0.15, -0.1) is 0 Å². The number of aromatic amines is 1. The van der Waals surface area contributed by atoms with Crippen molar-refractivity contribution in [1.29, 1.82) is 0 Å². The molecule has 0 radical (unpaired) electrons. The zero-order chi connectivity index (χ0) is 18.1. The monoisotopic (exact) mass is 346 g/mol. The standard InChI is InChI=1S/C21H18N2O3/c1-23(11-10-15-13-22-18-8-4-3-7-16(15)18)20(24)17-12-14-6-2-5-9-19(14)26-21(17)25/h2-9,12-13,22H,10-11H2,1H3. The fourth-order valence-corrected chi connectivity index (χ4v) is 3.14. The van der Waals surface area contributed by atoms with Crippen molar-refractivity contribution in [2.24, 2.45) is 0 Å². The molecule has 1 amide bonds. The molecule has 0 aliphatic heterocycles. The first-order valence-corrected chi connectivity index (χ1v) is 8.47. The molecule has 0 bridgehead atoms. The third-order valence-corrected chi connectivity index (χ3v) is 4.61. The van der Waals surface area contributed by atoms with Gasteiger partial charge in [-0.3, -0.25) is 4.79 Å². The van der Waals surface area contributed by atoms with Crippen molar-refractivity contribution in [3.8, 4) is 0 Å². The summed E-state index contributed by atoms with van der Waals surface area (Å²) in [5.74, 6) is -0.329. The molecule has 0 unspecified atom stereocenters. The van der Waals surface area contributed by atoms with Gasteiger partial charge < -0.3 is 14.3 Å². The van der Waals surface area contributed by atoms with E-state index in [1.54, 1.807) is 30.1 Å². The maximum Gasteiger partial charge on any atom is 0.349 e. The van der Waals surface area contributed by atoms with Crippen LogP contribution in [0.4, 0.5) is 0 Å². The van der Waals surface area contributed by atoms with Crippen LogP contribution in [0.25, 0.3) is 21.9 Å². The summed E-state index contributed by atoms with van der Waals surface area (Å²) in [6, 6.07) is 16.8. The van der Waals surface area contributed by atoms with Crippen molar-refractivity contribution in [2.45, 2.75) is 6.42 Å². The van der Waals surface area contributed by atoms with Crippen LogP contribution < -0.4 is 5.63 Å². The topological polar surface area (TPSA) is 66.3 Å². The predicted octanol–water partition coefficient (Wildman–Crippen LogP) is 3.59. The quantitative estimate of drug-likeness (QED) is 0.574. The van der Waals surface area contributed by atoms with Gasteiger partial charge in [-0.1, -0.05) is 36.4 Å². The lowest BCUT2D eigenvalue weighted by Crippen LogP contribution is -2.32. The molecule has 2 heterocycles. The number of rotatable bonds is 4. The van der Waals surface area contributed by atoms with Crippen molar-refractivity contribution in [3.05, 3.63) is 82.3 Å². The van der Waals surface area contributed by atoms with Crippen molar-refractivity contribution >= 4 is 27.8 Å². The Morgan fingerprint density at radius 1 is 1.12 bits per heavy atom. The average Bonchev–Trinajstić information content (AvgIpc) is 3.08. The van der Waals surface area contributed by atoms with E-state index in [2.05, 4.69) is 11.1 Å². The Balaban J connectivity index is 1.55. The predicted molar refractivity (Wildman–Crippen MR) is 101 cm³/mol. The number of H-pyrrole nitrogens is 1. The number of amides is 1. The minimum absolute atomic E-state index is 0.0603. The van der Waals surface area contributed by atoms with Crippen LogP contribution in [0.3, 0.4) is 0 Å². The molecule has 26 heavy (non-hydrogen) atoms. The van der Waals surface area contributed by atoms with Gasteiger partial charge in [0.1, 0.15) is 11.1 Å². The Morgan fingerprint density at radius 2 is 1.88 bits per heavy atom. The van der Waals surface area contributed by atoms with Gasteiger partial charge >= 0.3 is 5.63 Å². The lowest BCUT2D eigenvalue weighted by molar-refractivity contribution is 0.0792. The lowest BCUT2D eigenvalue weighted by atomic mass is 10.1. The van der Waals surface area contributed by atoms with Crippen molar-refractivity contribution < 1.29 is 9.21 Å². The zero-order valence-electron chi connectivity index (χ0n) is 14.4. The summed E-state index contributed by atoms with van der Waals surface area (Å²) in [7, 11) is 1.70. The average molecular weight is 346 g/mol. The van der Waals surface area contributed by atoms with Crippen LogP contribution in [-0.4, -0.2) is 29.4 Å². The summed E-state index contributed by atoms with van der Waals surface area (Å²) in [5.41, 5.74) is 2.16. The summed E-state index contributed by atoms with van der Waals surface area (Å²) in [4.78, 5) is 29.6. The van der Waals surface area contributed by atoms with Gasteiger partial charge in [0.2, 0.25) is 0 Å². The molecule has 2 aromatic heterocycles. The van der Waals surface area contributed by atoms with Gasteiger partial charge in [-0.05, 0) is 30.2 Å². The van der Waals surface area contributed by atoms with Crippen LogP contribution in [0, 0.1) is 0 Å². The zero-order valence-corrected chi connectivity index (χ0v) is 14.4. The SMILES string of the molecule is CN(CCc1c[nH]c2ccccc12)C(=O)c1cc2ccccc2oc1=O. The largest absolute Gasteiger partial charge is 0.422 e. The fourth-order valence-electron chi connectivity index (χ4n) is 3.14. The van der Waals surface area contributed by atoms with Gasteiger partial charge in [0.25, 0.3) is 5.91 Å². The number of nitrogens with zero attached hydrogens (tertiary/aromatic N) is 1. The third-order valence-electron chi connectivity index (χ3n) is 4.61. The number of carbonyl (C=O) groups excluding carboxylic acids is 1. The Morgan fingerprint density at radius 3 is 2.77 bits per heavy atom. The number of aromatic nitrogens is 1. The minimum Gasteiger partial charge on any atom is -0.422 e. The molecule has 5 heteroatoms. The number of hydrogen-bond acceptors (Lipinski definition) is 3. The molecule has 4 aromatic rings. The molecule has 4 rings (SSSR count). The second-order valence-electron chi connectivity index (χ2n) is 6.32. The lowest BCUT2D eigenvalue weighted by Gasteiger charge is -2.16. The van der Waals surface area contributed by atoms with Gasteiger partial charge in [-0.25, -0.2) is 4.79 Å². The smallest absolute Gasteiger partial charge is 0.349 e. The molecule has 130 valence electrons. The van der Waals surface area contributed by atoms with E-state index in [9.17, 15) is 9.59 Å². The van der Waals surface area contributed by atoms with Crippen LogP contribution in [0.5, 0.6) is 0 Å². The molecule has 0 aliphatic carbocycles. The van der Waals surface area contributed by atoms with E-state index >= 15 is 0 Å². The highest BCUT2D eigenvalue weighted by Gasteiger charge is 2.18. The van der Waals surface area contributed by atoms with Crippen molar-refractivity contribution in [3.63, 3.8) is 0 Å². The molecular weight excluding hydrogens is 328 g/mol. The molecule has 2 aromatic carbocycles. The summed E-state index contributed by atoms with van der Waals surface area (Å²) < 4.78 is 5.26. The normalized spacial score (nSPS) is 11.1. The molecule has 0 fully saturated rings.